The molecule has 0 spiro atoms. The van der Waals surface area contributed by atoms with Crippen molar-refractivity contribution >= 4 is 28.1 Å². The van der Waals surface area contributed by atoms with Gasteiger partial charge in [-0.15, -0.1) is 0 Å². The van der Waals surface area contributed by atoms with Crippen LogP contribution < -0.4 is 21.3 Å². The number of anilines is 2. The first-order valence-corrected chi connectivity index (χ1v) is 9.83. The lowest BCUT2D eigenvalue weighted by atomic mass is 10.1. The Labute approximate surface area is 168 Å². The Kier molecular flexibility index (Phi) is 5.84. The van der Waals surface area contributed by atoms with Gasteiger partial charge in [0, 0.05) is 11.7 Å². The topological polar surface area (TPSA) is 92.5 Å². The molecular weight excluding hydrogens is 372 g/mol. The molecule has 0 bridgehead atoms. The predicted molar refractivity (Wildman–Crippen MR) is 117 cm³/mol. The van der Waals surface area contributed by atoms with Gasteiger partial charge in [-0.2, -0.15) is 0 Å². The molecule has 0 aliphatic heterocycles. The molecule has 3 rings (SSSR count). The lowest BCUT2D eigenvalue weighted by Gasteiger charge is -2.11. The van der Waals surface area contributed by atoms with Crippen molar-refractivity contribution in [1.29, 1.82) is 0 Å². The smallest absolute Gasteiger partial charge is 0.271 e. The van der Waals surface area contributed by atoms with Crippen LogP contribution in [0.4, 0.5) is 10.7 Å². The highest BCUT2D eigenvalue weighted by atomic mass is 32.1. The summed E-state index contributed by atoms with van der Waals surface area (Å²) in [4.78, 5) is 16.4. The largest absolute Gasteiger partial charge is 0.457 e. The molecule has 7 heteroatoms. The van der Waals surface area contributed by atoms with E-state index in [1.807, 2.05) is 57.2 Å². The van der Waals surface area contributed by atoms with Crippen LogP contribution in [0, 0.1) is 13.8 Å². The SMILES string of the molecule is Cc1cccc(Oc2ccc(Nc3s[nH]c(=O)c3C(N)=NC(C)C)cc2)c1C. The zero-order valence-corrected chi connectivity index (χ0v) is 17.2. The van der Waals surface area contributed by atoms with Gasteiger partial charge in [-0.3, -0.25) is 14.2 Å². The minimum Gasteiger partial charge on any atom is -0.457 e. The monoisotopic (exact) mass is 396 g/mol. The van der Waals surface area contributed by atoms with Gasteiger partial charge in [-0.05, 0) is 80.7 Å². The van der Waals surface area contributed by atoms with E-state index in [1.165, 1.54) is 17.1 Å². The summed E-state index contributed by atoms with van der Waals surface area (Å²) < 4.78 is 8.69. The molecule has 0 aliphatic rings. The van der Waals surface area contributed by atoms with Crippen LogP contribution in [0.3, 0.4) is 0 Å². The third-order valence-electron chi connectivity index (χ3n) is 4.25. The number of aryl methyl sites for hydroxylation is 1. The highest BCUT2D eigenvalue weighted by Crippen LogP contribution is 2.29. The van der Waals surface area contributed by atoms with Crippen LogP contribution in [-0.4, -0.2) is 16.3 Å². The summed E-state index contributed by atoms with van der Waals surface area (Å²) in [5, 5.41) is 3.86. The fraction of sp³-hybridized carbons (Fsp3) is 0.238. The highest BCUT2D eigenvalue weighted by Gasteiger charge is 2.15. The number of hydrogen-bond acceptors (Lipinski definition) is 5. The van der Waals surface area contributed by atoms with E-state index in [2.05, 4.69) is 27.7 Å². The number of H-pyrrole nitrogens is 1. The van der Waals surface area contributed by atoms with Gasteiger partial charge in [0.15, 0.2) is 0 Å². The molecular formula is C21H24N4O2S. The fourth-order valence-corrected chi connectivity index (χ4v) is 3.43. The molecule has 0 atom stereocenters. The number of nitrogens with two attached hydrogens (primary N) is 1. The van der Waals surface area contributed by atoms with Crippen LogP contribution in [-0.2, 0) is 0 Å². The molecule has 4 N–H and O–H groups in total. The van der Waals surface area contributed by atoms with Gasteiger partial charge in [-0.25, -0.2) is 0 Å². The molecule has 0 aliphatic carbocycles. The highest BCUT2D eigenvalue weighted by molar-refractivity contribution is 7.10. The van der Waals surface area contributed by atoms with Crippen molar-refractivity contribution < 1.29 is 4.74 Å². The molecule has 28 heavy (non-hydrogen) atoms. The fourth-order valence-electron chi connectivity index (χ4n) is 2.67. The van der Waals surface area contributed by atoms with E-state index < -0.39 is 0 Å². The first-order valence-electron chi connectivity index (χ1n) is 9.01. The van der Waals surface area contributed by atoms with Gasteiger partial charge in [-0.1, -0.05) is 12.1 Å². The lowest BCUT2D eigenvalue weighted by Crippen LogP contribution is -2.23. The lowest BCUT2D eigenvalue weighted by molar-refractivity contribution is 0.478. The van der Waals surface area contributed by atoms with Crippen molar-refractivity contribution in [2.24, 2.45) is 10.7 Å². The normalized spacial score (nSPS) is 11.7. The number of aromatic nitrogens is 1. The third kappa shape index (κ3) is 4.43. The number of nitrogens with one attached hydrogen (secondary N) is 2. The van der Waals surface area contributed by atoms with Crippen LogP contribution in [0.1, 0.15) is 30.5 Å². The Morgan fingerprint density at radius 3 is 2.57 bits per heavy atom. The van der Waals surface area contributed by atoms with Crippen molar-refractivity contribution in [3.63, 3.8) is 0 Å². The number of benzene rings is 2. The Balaban J connectivity index is 1.79. The number of rotatable bonds is 6. The number of nitrogens with zero attached hydrogens (tertiary/aromatic N) is 1. The van der Waals surface area contributed by atoms with Gasteiger partial charge in [0.25, 0.3) is 5.56 Å². The molecule has 1 aromatic heterocycles. The van der Waals surface area contributed by atoms with Crippen LogP contribution >= 0.6 is 11.5 Å². The Hall–Kier alpha value is -3.06. The molecule has 6 nitrogen and oxygen atoms in total. The number of hydrogen-bond donors (Lipinski definition) is 3. The summed E-state index contributed by atoms with van der Waals surface area (Å²) in [6, 6.07) is 13.5. The molecule has 0 amide bonds. The van der Waals surface area contributed by atoms with E-state index in [4.69, 9.17) is 10.5 Å². The van der Waals surface area contributed by atoms with E-state index >= 15 is 0 Å². The summed E-state index contributed by atoms with van der Waals surface area (Å²) in [6.45, 7) is 7.92. The number of ether oxygens (including phenoxy) is 1. The van der Waals surface area contributed by atoms with E-state index in [0.29, 0.717) is 10.6 Å². The first kappa shape index (κ1) is 19.7. The predicted octanol–water partition coefficient (Wildman–Crippen LogP) is 4.70. The van der Waals surface area contributed by atoms with Crippen LogP contribution in [0.15, 0.2) is 52.3 Å². The van der Waals surface area contributed by atoms with E-state index in [1.54, 1.807) is 0 Å². The molecule has 0 fully saturated rings. The summed E-state index contributed by atoms with van der Waals surface area (Å²) >= 11 is 1.20. The standard InChI is InChI=1S/C21H24N4O2S/c1-12(2)23-19(22)18-20(26)25-28-21(18)24-15-8-10-16(11-9-15)27-17-7-5-6-13(3)14(17)4/h5-12,24H,1-4H3,(H2,22,23)(H,25,26). The second kappa shape index (κ2) is 8.31. The quantitative estimate of drug-likeness (QED) is 0.416. The minimum atomic E-state index is -0.246. The first-order chi connectivity index (χ1) is 13.3. The van der Waals surface area contributed by atoms with Crippen molar-refractivity contribution in [2.45, 2.75) is 33.7 Å². The molecule has 0 radical (unpaired) electrons. The zero-order valence-electron chi connectivity index (χ0n) is 16.4. The molecule has 3 aromatic rings. The average Bonchev–Trinajstić information content (AvgIpc) is 3.00. The zero-order chi connectivity index (χ0) is 20.3. The molecule has 2 aromatic carbocycles. The van der Waals surface area contributed by atoms with Crippen molar-refractivity contribution in [3.8, 4) is 11.5 Å². The summed E-state index contributed by atoms with van der Waals surface area (Å²) in [6.07, 6.45) is 0. The average molecular weight is 397 g/mol. The Morgan fingerprint density at radius 2 is 1.89 bits per heavy atom. The molecule has 0 unspecified atom stereocenters. The van der Waals surface area contributed by atoms with Gasteiger partial charge in [0.2, 0.25) is 0 Å². The van der Waals surface area contributed by atoms with E-state index in [9.17, 15) is 4.79 Å². The Bertz CT molecular complexity index is 1050. The molecule has 0 saturated heterocycles. The maximum atomic E-state index is 12.1. The third-order valence-corrected chi connectivity index (χ3v) is 5.05. The molecule has 1 heterocycles. The number of aliphatic imine (C=N–C) groups is 1. The van der Waals surface area contributed by atoms with Gasteiger partial charge < -0.3 is 15.8 Å². The van der Waals surface area contributed by atoms with Crippen LogP contribution in [0.25, 0.3) is 0 Å². The van der Waals surface area contributed by atoms with Crippen LogP contribution in [0.5, 0.6) is 11.5 Å². The molecule has 146 valence electrons. The van der Waals surface area contributed by atoms with E-state index in [0.717, 1.165) is 22.7 Å². The van der Waals surface area contributed by atoms with Crippen molar-refractivity contribution in [1.82, 2.24) is 4.37 Å². The van der Waals surface area contributed by atoms with Crippen LogP contribution in [0.2, 0.25) is 0 Å². The number of aromatic amines is 1. The van der Waals surface area contributed by atoms with Gasteiger partial charge in [0.1, 0.15) is 27.9 Å². The van der Waals surface area contributed by atoms with Crippen molar-refractivity contribution in [3.05, 3.63) is 69.5 Å². The van der Waals surface area contributed by atoms with E-state index in [-0.39, 0.29) is 17.4 Å². The Morgan fingerprint density at radius 1 is 1.18 bits per heavy atom. The second-order valence-electron chi connectivity index (χ2n) is 6.79. The van der Waals surface area contributed by atoms with Gasteiger partial charge >= 0.3 is 0 Å². The summed E-state index contributed by atoms with van der Waals surface area (Å²) in [5.41, 5.74) is 9.26. The second-order valence-corrected chi connectivity index (χ2v) is 7.61. The number of amidine groups is 1. The van der Waals surface area contributed by atoms with Gasteiger partial charge in [0.05, 0.1) is 0 Å². The molecule has 0 saturated carbocycles. The maximum Gasteiger partial charge on any atom is 0.271 e. The maximum absolute atomic E-state index is 12.1. The summed E-state index contributed by atoms with van der Waals surface area (Å²) in [5.74, 6) is 1.81. The summed E-state index contributed by atoms with van der Waals surface area (Å²) in [7, 11) is 0. The van der Waals surface area contributed by atoms with Crippen molar-refractivity contribution in [2.75, 3.05) is 5.32 Å². The minimum absolute atomic E-state index is 0.00802.